The third-order valence-corrected chi connectivity index (χ3v) is 11.8. The van der Waals surface area contributed by atoms with Gasteiger partial charge in [0.25, 0.3) is 0 Å². The maximum Gasteiger partial charge on any atom is 0.0561 e. The fourth-order valence-corrected chi connectivity index (χ4v) is 9.41. The molecule has 0 aliphatic heterocycles. The fraction of sp³-hybridized carbons (Fsp3) is 0. The van der Waals surface area contributed by atoms with Crippen molar-refractivity contribution in [2.24, 2.45) is 0 Å². The first-order chi connectivity index (χ1) is 26.3. The average molecular weight is 693 g/mol. The molecule has 0 amide bonds. The van der Waals surface area contributed by atoms with E-state index >= 15 is 0 Å². The van der Waals surface area contributed by atoms with Gasteiger partial charge in [-0.2, -0.15) is 0 Å². The van der Waals surface area contributed by atoms with Crippen LogP contribution in [-0.4, -0.2) is 4.57 Å². The molecule has 0 unspecified atom stereocenters. The van der Waals surface area contributed by atoms with Crippen molar-refractivity contribution in [3.8, 4) is 16.8 Å². The molecule has 0 aliphatic carbocycles. The van der Waals surface area contributed by atoms with Crippen LogP contribution in [0.1, 0.15) is 0 Å². The van der Waals surface area contributed by atoms with E-state index in [4.69, 9.17) is 0 Å². The highest BCUT2D eigenvalue weighted by Gasteiger charge is 2.21. The molecule has 0 radical (unpaired) electrons. The summed E-state index contributed by atoms with van der Waals surface area (Å²) in [4.78, 5) is 2.47. The number of fused-ring (bicyclic) bond motifs is 8. The maximum absolute atomic E-state index is 2.47. The second-order valence-corrected chi connectivity index (χ2v) is 14.9. The van der Waals surface area contributed by atoms with Gasteiger partial charge in [-0.15, -0.1) is 11.3 Å². The van der Waals surface area contributed by atoms with Crippen molar-refractivity contribution in [3.05, 3.63) is 194 Å². The highest BCUT2D eigenvalue weighted by atomic mass is 32.1. The zero-order valence-electron chi connectivity index (χ0n) is 28.8. The van der Waals surface area contributed by atoms with Gasteiger partial charge >= 0.3 is 0 Å². The van der Waals surface area contributed by atoms with Crippen molar-refractivity contribution in [3.63, 3.8) is 0 Å². The molecule has 11 rings (SSSR count). The van der Waals surface area contributed by atoms with Gasteiger partial charge in [0.15, 0.2) is 0 Å². The lowest BCUT2D eigenvalue weighted by Gasteiger charge is -2.28. The van der Waals surface area contributed by atoms with Crippen LogP contribution < -0.4 is 4.90 Å². The largest absolute Gasteiger partial charge is 0.310 e. The second kappa shape index (κ2) is 11.9. The minimum absolute atomic E-state index is 1.11. The normalized spacial score (nSPS) is 11.8. The Morgan fingerprint density at radius 2 is 0.962 bits per heavy atom. The topological polar surface area (TPSA) is 8.17 Å². The Morgan fingerprint density at radius 3 is 1.77 bits per heavy atom. The Bertz CT molecular complexity index is 3170. The van der Waals surface area contributed by atoms with E-state index < -0.39 is 0 Å². The SMILES string of the molecule is c1ccc(-c2cc(N(c3ccc4c(c3)sc3cc5ccccc5cc34)c3ccc4c5ccccc5n(-c5ccccc5)c4c3)c3ccccc3c2)cc1. The molecule has 2 aromatic heterocycles. The van der Waals surface area contributed by atoms with Crippen LogP contribution in [0.3, 0.4) is 0 Å². The van der Waals surface area contributed by atoms with Gasteiger partial charge < -0.3 is 9.47 Å². The molecule has 0 fully saturated rings. The quantitative estimate of drug-likeness (QED) is 0.174. The van der Waals surface area contributed by atoms with E-state index in [2.05, 4.69) is 204 Å². The Labute approximate surface area is 311 Å². The number of benzene rings is 9. The minimum Gasteiger partial charge on any atom is -0.310 e. The smallest absolute Gasteiger partial charge is 0.0561 e. The maximum atomic E-state index is 2.47. The minimum atomic E-state index is 1.11. The summed E-state index contributed by atoms with van der Waals surface area (Å²) in [7, 11) is 0. The van der Waals surface area contributed by atoms with Crippen molar-refractivity contribution in [2.45, 2.75) is 0 Å². The molecule has 3 heteroatoms. The van der Waals surface area contributed by atoms with Gasteiger partial charge in [-0.1, -0.05) is 127 Å². The Hall–Kier alpha value is -6.68. The van der Waals surface area contributed by atoms with Crippen molar-refractivity contribution < 1.29 is 0 Å². The molecule has 248 valence electrons. The summed E-state index contributed by atoms with van der Waals surface area (Å²) < 4.78 is 5.00. The number of thiophene rings is 1. The number of aromatic nitrogens is 1. The summed E-state index contributed by atoms with van der Waals surface area (Å²) in [5.41, 5.74) is 9.31. The number of rotatable bonds is 5. The number of anilines is 3. The highest BCUT2D eigenvalue weighted by Crippen LogP contribution is 2.46. The zero-order valence-corrected chi connectivity index (χ0v) is 29.6. The van der Waals surface area contributed by atoms with Gasteiger partial charge in [0.05, 0.1) is 16.7 Å². The van der Waals surface area contributed by atoms with E-state index in [0.717, 1.165) is 22.7 Å². The van der Waals surface area contributed by atoms with Crippen LogP contribution in [0.5, 0.6) is 0 Å². The van der Waals surface area contributed by atoms with E-state index in [1.165, 1.54) is 74.6 Å². The van der Waals surface area contributed by atoms with Crippen LogP contribution in [0.2, 0.25) is 0 Å². The molecule has 53 heavy (non-hydrogen) atoms. The monoisotopic (exact) mass is 692 g/mol. The molecule has 0 N–H and O–H groups in total. The number of nitrogens with zero attached hydrogens (tertiary/aromatic N) is 2. The summed E-state index contributed by atoms with van der Waals surface area (Å²) >= 11 is 1.88. The summed E-state index contributed by atoms with van der Waals surface area (Å²) in [6.07, 6.45) is 0. The average Bonchev–Trinajstić information content (AvgIpc) is 3.75. The first-order valence-electron chi connectivity index (χ1n) is 18.1. The summed E-state index contributed by atoms with van der Waals surface area (Å²) in [5.74, 6) is 0. The van der Waals surface area contributed by atoms with E-state index in [1.54, 1.807) is 0 Å². The Kier molecular flexibility index (Phi) is 6.76. The molecular weight excluding hydrogens is 661 g/mol. The van der Waals surface area contributed by atoms with Crippen LogP contribution in [0.4, 0.5) is 17.1 Å². The molecule has 2 heterocycles. The van der Waals surface area contributed by atoms with Gasteiger partial charge in [0.2, 0.25) is 0 Å². The fourth-order valence-electron chi connectivity index (χ4n) is 8.24. The molecule has 0 bridgehead atoms. The molecule has 0 saturated heterocycles. The lowest BCUT2D eigenvalue weighted by Crippen LogP contribution is -2.11. The van der Waals surface area contributed by atoms with Crippen molar-refractivity contribution in [2.75, 3.05) is 4.90 Å². The van der Waals surface area contributed by atoms with Crippen LogP contribution in [0, 0.1) is 0 Å². The van der Waals surface area contributed by atoms with Crippen LogP contribution >= 0.6 is 11.3 Å². The lowest BCUT2D eigenvalue weighted by molar-refractivity contribution is 1.18. The van der Waals surface area contributed by atoms with E-state index in [9.17, 15) is 0 Å². The number of hydrogen-bond donors (Lipinski definition) is 0. The second-order valence-electron chi connectivity index (χ2n) is 13.8. The molecule has 11 aromatic rings. The predicted octanol–water partition coefficient (Wildman–Crippen LogP) is 14.6. The third-order valence-electron chi connectivity index (χ3n) is 10.7. The van der Waals surface area contributed by atoms with Crippen molar-refractivity contribution >= 4 is 91.9 Å². The van der Waals surface area contributed by atoms with E-state index in [0.29, 0.717) is 0 Å². The molecule has 0 saturated carbocycles. The Balaban J connectivity index is 1.21. The molecule has 2 nitrogen and oxygen atoms in total. The van der Waals surface area contributed by atoms with E-state index in [-0.39, 0.29) is 0 Å². The van der Waals surface area contributed by atoms with Gasteiger partial charge in [0.1, 0.15) is 0 Å². The summed E-state index contributed by atoms with van der Waals surface area (Å²) in [6, 6.07) is 71.1. The third kappa shape index (κ3) is 4.86. The first kappa shape index (κ1) is 30.0. The van der Waals surface area contributed by atoms with Gasteiger partial charge in [-0.3, -0.25) is 0 Å². The molecule has 0 spiro atoms. The van der Waals surface area contributed by atoms with Gasteiger partial charge in [-0.05, 0) is 94.0 Å². The van der Waals surface area contributed by atoms with Crippen LogP contribution in [0.15, 0.2) is 194 Å². The summed E-state index contributed by atoms with van der Waals surface area (Å²) in [5, 5.41) is 10.1. The molecule has 0 atom stereocenters. The van der Waals surface area contributed by atoms with E-state index in [1.807, 2.05) is 11.3 Å². The molecule has 9 aromatic carbocycles. The molecule has 0 aliphatic rings. The number of hydrogen-bond acceptors (Lipinski definition) is 2. The van der Waals surface area contributed by atoms with Crippen LogP contribution in [-0.2, 0) is 0 Å². The highest BCUT2D eigenvalue weighted by molar-refractivity contribution is 7.25. The standard InChI is InChI=1S/C50H32N2S/c1-3-13-33(14-4-1)37-27-36-17-9-10-20-41(36)47(29-37)51(40-24-26-44-45-28-34-15-7-8-16-35(34)30-49(45)53-50(44)32-40)39-23-25-43-42-21-11-12-22-46(42)52(48(43)31-39)38-18-5-2-6-19-38/h1-32H. The lowest BCUT2D eigenvalue weighted by atomic mass is 9.98. The predicted molar refractivity (Wildman–Crippen MR) is 229 cm³/mol. The zero-order chi connectivity index (χ0) is 34.9. The van der Waals surface area contributed by atoms with Crippen LogP contribution in [0.25, 0.3) is 80.3 Å². The van der Waals surface area contributed by atoms with Gasteiger partial charge in [0, 0.05) is 53.4 Å². The molecular formula is C50H32N2S. The van der Waals surface area contributed by atoms with Crippen molar-refractivity contribution in [1.82, 2.24) is 4.57 Å². The van der Waals surface area contributed by atoms with Gasteiger partial charge in [-0.25, -0.2) is 0 Å². The van der Waals surface area contributed by atoms with Crippen molar-refractivity contribution in [1.29, 1.82) is 0 Å². The Morgan fingerprint density at radius 1 is 0.358 bits per heavy atom. The summed E-state index contributed by atoms with van der Waals surface area (Å²) in [6.45, 7) is 0. The first-order valence-corrected chi connectivity index (χ1v) is 18.9. The number of para-hydroxylation sites is 2.